The molecular weight excluding hydrogens is 324 g/mol. The third-order valence-electron chi connectivity index (χ3n) is 3.43. The molecule has 0 saturated heterocycles. The van der Waals surface area contributed by atoms with Crippen LogP contribution < -0.4 is 5.32 Å². The Morgan fingerprint density at radius 1 is 1.33 bits per heavy atom. The van der Waals surface area contributed by atoms with Crippen LogP contribution in [0.3, 0.4) is 0 Å². The van der Waals surface area contributed by atoms with Gasteiger partial charge in [0.15, 0.2) is 0 Å². The maximum absolute atomic E-state index is 12.0. The molecular formula is C16H18N6OS. The average molecular weight is 342 g/mol. The molecule has 8 heteroatoms. The van der Waals surface area contributed by atoms with Crippen LogP contribution in [0.2, 0.25) is 0 Å². The number of aromatic nitrogens is 4. The molecule has 0 unspecified atom stereocenters. The Bertz CT molecular complexity index is 771. The fourth-order valence-corrected chi connectivity index (χ4v) is 2.81. The molecule has 0 fully saturated rings. The second-order valence-electron chi connectivity index (χ2n) is 5.42. The number of imidazole rings is 1. The molecule has 3 aromatic rings. The summed E-state index contributed by atoms with van der Waals surface area (Å²) >= 11 is 1.30. The molecule has 1 amide bonds. The summed E-state index contributed by atoms with van der Waals surface area (Å²) in [6.07, 6.45) is 3.74. The summed E-state index contributed by atoms with van der Waals surface area (Å²) < 4.78 is 2.09. The smallest absolute Gasteiger partial charge is 0.240 e. The molecule has 0 aliphatic carbocycles. The number of anilines is 1. The van der Waals surface area contributed by atoms with E-state index >= 15 is 0 Å². The molecule has 0 radical (unpaired) electrons. The molecule has 24 heavy (non-hydrogen) atoms. The van der Waals surface area contributed by atoms with Crippen molar-refractivity contribution in [1.29, 1.82) is 0 Å². The van der Waals surface area contributed by atoms with Crippen LogP contribution in [0.1, 0.15) is 11.4 Å². The van der Waals surface area contributed by atoms with Crippen LogP contribution in [-0.4, -0.2) is 44.1 Å². The van der Waals surface area contributed by atoms with E-state index in [1.807, 2.05) is 36.3 Å². The van der Waals surface area contributed by atoms with Gasteiger partial charge in [-0.15, -0.1) is 10.2 Å². The number of nitrogens with zero attached hydrogens (tertiary/aromatic N) is 5. The highest BCUT2D eigenvalue weighted by Gasteiger charge is 2.12. The number of rotatable bonds is 7. The highest BCUT2D eigenvalue weighted by molar-refractivity contribution is 7.13. The molecule has 2 heterocycles. The number of benzene rings is 1. The normalized spacial score (nSPS) is 10.9. The van der Waals surface area contributed by atoms with Gasteiger partial charge in [0, 0.05) is 18.9 Å². The second kappa shape index (κ2) is 7.80. The van der Waals surface area contributed by atoms with Crippen molar-refractivity contribution in [3.63, 3.8) is 0 Å². The largest absolute Gasteiger partial charge is 0.329 e. The summed E-state index contributed by atoms with van der Waals surface area (Å²) in [5.74, 6) is 0.806. The third kappa shape index (κ3) is 4.46. The molecule has 0 atom stereocenters. The lowest BCUT2D eigenvalue weighted by molar-refractivity contribution is -0.117. The zero-order valence-corrected chi connectivity index (χ0v) is 14.1. The van der Waals surface area contributed by atoms with E-state index in [1.165, 1.54) is 16.9 Å². The molecule has 3 rings (SSSR count). The minimum Gasteiger partial charge on any atom is -0.329 e. The van der Waals surface area contributed by atoms with Crippen LogP contribution in [0, 0.1) is 0 Å². The van der Waals surface area contributed by atoms with Crippen LogP contribution in [0.4, 0.5) is 5.13 Å². The number of likely N-dealkylation sites (N-methyl/N-ethyl adjacent to an activating group) is 1. The molecule has 1 aromatic carbocycles. The second-order valence-corrected chi connectivity index (χ2v) is 6.25. The van der Waals surface area contributed by atoms with Gasteiger partial charge in [-0.2, -0.15) is 0 Å². The minimum absolute atomic E-state index is 0.115. The number of carbonyl (C=O) groups excluding carboxylic acids is 1. The van der Waals surface area contributed by atoms with E-state index < -0.39 is 0 Å². The predicted octanol–water partition coefficient (Wildman–Crippen LogP) is 1.85. The topological polar surface area (TPSA) is 75.9 Å². The highest BCUT2D eigenvalue weighted by Crippen LogP contribution is 2.09. The molecule has 1 N–H and O–H groups in total. The Morgan fingerprint density at radius 2 is 2.17 bits per heavy atom. The summed E-state index contributed by atoms with van der Waals surface area (Å²) in [5.41, 5.74) is 2.80. The fourth-order valence-electron chi connectivity index (χ4n) is 2.34. The van der Waals surface area contributed by atoms with E-state index in [0.717, 1.165) is 12.4 Å². The zero-order valence-electron chi connectivity index (χ0n) is 13.3. The van der Waals surface area contributed by atoms with Crippen LogP contribution in [0.15, 0.2) is 48.2 Å². The SMILES string of the molecule is CN(CC(=O)Nc1nncs1)Cc1nccn1Cc1ccccc1. The van der Waals surface area contributed by atoms with Gasteiger partial charge in [-0.3, -0.25) is 15.0 Å². The van der Waals surface area contributed by atoms with Gasteiger partial charge in [-0.05, 0) is 12.6 Å². The van der Waals surface area contributed by atoms with Gasteiger partial charge < -0.3 is 4.57 Å². The quantitative estimate of drug-likeness (QED) is 0.709. The molecule has 2 aromatic heterocycles. The Kier molecular flexibility index (Phi) is 5.29. The third-order valence-corrected chi connectivity index (χ3v) is 4.04. The molecule has 0 bridgehead atoms. The van der Waals surface area contributed by atoms with Crippen LogP contribution >= 0.6 is 11.3 Å². The van der Waals surface area contributed by atoms with Crippen LogP contribution in [0.5, 0.6) is 0 Å². The number of hydrogen-bond donors (Lipinski definition) is 1. The Morgan fingerprint density at radius 3 is 2.92 bits per heavy atom. The maximum atomic E-state index is 12.0. The summed E-state index contributed by atoms with van der Waals surface area (Å²) in [7, 11) is 1.89. The highest BCUT2D eigenvalue weighted by atomic mass is 32.1. The van der Waals surface area contributed by atoms with Crippen LogP contribution in [0.25, 0.3) is 0 Å². The van der Waals surface area contributed by atoms with Crippen molar-refractivity contribution < 1.29 is 4.79 Å². The molecule has 124 valence electrons. The summed E-state index contributed by atoms with van der Waals surface area (Å²) in [4.78, 5) is 18.3. The van der Waals surface area contributed by atoms with Gasteiger partial charge >= 0.3 is 0 Å². The first-order valence-electron chi connectivity index (χ1n) is 7.49. The standard InChI is InChI=1S/C16H18N6OS/c1-21(11-15(23)19-16-20-18-12-24-16)10-14-17-7-8-22(14)9-13-5-3-2-4-6-13/h2-8,12H,9-11H2,1H3,(H,19,20,23). The van der Waals surface area contributed by atoms with Crippen molar-refractivity contribution in [1.82, 2.24) is 24.6 Å². The number of nitrogens with one attached hydrogen (secondary N) is 1. The van der Waals surface area contributed by atoms with Crippen molar-refractivity contribution in [2.45, 2.75) is 13.1 Å². The van der Waals surface area contributed by atoms with E-state index in [4.69, 9.17) is 0 Å². The fraction of sp³-hybridized carbons (Fsp3) is 0.250. The van der Waals surface area contributed by atoms with Gasteiger partial charge in [0.1, 0.15) is 11.3 Å². The van der Waals surface area contributed by atoms with Crippen molar-refractivity contribution in [2.75, 3.05) is 18.9 Å². The van der Waals surface area contributed by atoms with E-state index in [2.05, 4.69) is 37.2 Å². The lowest BCUT2D eigenvalue weighted by Crippen LogP contribution is -2.30. The summed E-state index contributed by atoms with van der Waals surface area (Å²) in [5, 5.41) is 10.7. The van der Waals surface area contributed by atoms with Crippen molar-refractivity contribution in [3.05, 3.63) is 59.6 Å². The first-order valence-corrected chi connectivity index (χ1v) is 8.37. The predicted molar refractivity (Wildman–Crippen MR) is 92.6 cm³/mol. The van der Waals surface area contributed by atoms with Gasteiger partial charge in [-0.1, -0.05) is 41.7 Å². The van der Waals surface area contributed by atoms with E-state index in [-0.39, 0.29) is 12.5 Å². The van der Waals surface area contributed by atoms with Crippen molar-refractivity contribution >= 4 is 22.4 Å². The zero-order chi connectivity index (χ0) is 16.8. The van der Waals surface area contributed by atoms with Gasteiger partial charge in [0.25, 0.3) is 0 Å². The molecule has 0 spiro atoms. The average Bonchev–Trinajstić information content (AvgIpc) is 3.21. The Balaban J connectivity index is 1.56. The monoisotopic (exact) mass is 342 g/mol. The van der Waals surface area contributed by atoms with E-state index in [9.17, 15) is 4.79 Å². The maximum Gasteiger partial charge on any atom is 0.240 e. The minimum atomic E-state index is -0.115. The van der Waals surface area contributed by atoms with Gasteiger partial charge in [0.2, 0.25) is 11.0 Å². The lowest BCUT2D eigenvalue weighted by atomic mass is 10.2. The number of amides is 1. The summed E-state index contributed by atoms with van der Waals surface area (Å²) in [6, 6.07) is 10.2. The summed E-state index contributed by atoms with van der Waals surface area (Å²) in [6.45, 7) is 1.61. The molecule has 0 aliphatic rings. The van der Waals surface area contributed by atoms with E-state index in [0.29, 0.717) is 11.7 Å². The number of hydrogen-bond acceptors (Lipinski definition) is 6. The molecule has 0 aliphatic heterocycles. The van der Waals surface area contributed by atoms with E-state index in [1.54, 1.807) is 11.7 Å². The Labute approximate surface area is 144 Å². The van der Waals surface area contributed by atoms with Crippen molar-refractivity contribution in [3.8, 4) is 0 Å². The Hall–Kier alpha value is -2.58. The molecule has 7 nitrogen and oxygen atoms in total. The first kappa shape index (κ1) is 16.3. The van der Waals surface area contributed by atoms with Crippen LogP contribution in [-0.2, 0) is 17.9 Å². The lowest BCUT2D eigenvalue weighted by Gasteiger charge is -2.16. The number of carbonyl (C=O) groups is 1. The van der Waals surface area contributed by atoms with Gasteiger partial charge in [0.05, 0.1) is 13.1 Å². The van der Waals surface area contributed by atoms with Gasteiger partial charge in [-0.25, -0.2) is 4.98 Å². The molecule has 0 saturated carbocycles. The first-order chi connectivity index (χ1) is 11.7. The van der Waals surface area contributed by atoms with Crippen molar-refractivity contribution in [2.24, 2.45) is 0 Å².